The molecule has 2 heterocycles. The highest BCUT2D eigenvalue weighted by molar-refractivity contribution is 5.77. The Hall–Kier alpha value is -0.610. The van der Waals surface area contributed by atoms with E-state index >= 15 is 0 Å². The fourth-order valence-corrected chi connectivity index (χ4v) is 2.54. The predicted octanol–water partition coefficient (Wildman–Crippen LogP) is 0.359. The Bertz CT molecular complexity index is 256. The topological polar surface area (TPSA) is 52.6 Å². The third-order valence-corrected chi connectivity index (χ3v) is 3.84. The lowest BCUT2D eigenvalue weighted by Gasteiger charge is -2.46. The molecule has 0 saturated carbocycles. The lowest BCUT2D eigenvalue weighted by molar-refractivity contribution is -0.156. The molecule has 4 nitrogen and oxygen atoms in total. The lowest BCUT2D eigenvalue weighted by Crippen LogP contribution is -2.63. The van der Waals surface area contributed by atoms with Crippen LogP contribution in [0.25, 0.3) is 0 Å². The Balaban J connectivity index is 1.73. The van der Waals surface area contributed by atoms with Gasteiger partial charge >= 0.3 is 0 Å². The molecule has 2 aliphatic rings. The number of aliphatic hydroxyl groups is 1. The monoisotopic (exact) mass is 226 g/mol. The Morgan fingerprint density at radius 2 is 2.31 bits per heavy atom. The van der Waals surface area contributed by atoms with Crippen LogP contribution >= 0.6 is 0 Å². The maximum atomic E-state index is 11.9. The van der Waals surface area contributed by atoms with Gasteiger partial charge in [-0.25, -0.2) is 0 Å². The third-order valence-electron chi connectivity index (χ3n) is 3.84. The molecule has 2 fully saturated rings. The Morgan fingerprint density at radius 3 is 2.88 bits per heavy atom. The highest BCUT2D eigenvalue weighted by Gasteiger charge is 2.42. The number of hydrogen-bond donors (Lipinski definition) is 2. The van der Waals surface area contributed by atoms with Crippen LogP contribution in [0.1, 0.15) is 32.6 Å². The van der Waals surface area contributed by atoms with Gasteiger partial charge in [-0.3, -0.25) is 4.79 Å². The van der Waals surface area contributed by atoms with Crippen molar-refractivity contribution >= 4 is 5.91 Å². The van der Waals surface area contributed by atoms with E-state index in [0.717, 1.165) is 25.9 Å². The average Bonchev–Trinajstić information content (AvgIpc) is 2.26. The van der Waals surface area contributed by atoms with E-state index in [9.17, 15) is 9.90 Å². The molecule has 0 bridgehead atoms. The summed E-state index contributed by atoms with van der Waals surface area (Å²) in [5.74, 6) is 0.711. The summed E-state index contributed by atoms with van der Waals surface area (Å²) in [6.07, 6.45) is 3.72. The molecule has 2 N–H and O–H groups in total. The molecule has 0 aromatic carbocycles. The summed E-state index contributed by atoms with van der Waals surface area (Å²) in [5, 5.41) is 13.2. The number of nitrogens with zero attached hydrogens (tertiary/aromatic N) is 1. The van der Waals surface area contributed by atoms with Gasteiger partial charge in [0.25, 0.3) is 0 Å². The minimum Gasteiger partial charge on any atom is -0.386 e. The van der Waals surface area contributed by atoms with Crippen LogP contribution in [0.2, 0.25) is 0 Å². The number of rotatable bonds is 3. The minimum absolute atomic E-state index is 0.215. The summed E-state index contributed by atoms with van der Waals surface area (Å²) in [6, 6.07) is 0. The number of β-amino-alcohol motifs (C(OH)–C–C–N with tert-alkyl or cyclic N) is 1. The molecule has 0 aliphatic carbocycles. The fraction of sp³-hybridized carbons (Fsp3) is 0.917. The van der Waals surface area contributed by atoms with Crippen molar-refractivity contribution in [1.29, 1.82) is 0 Å². The summed E-state index contributed by atoms with van der Waals surface area (Å²) in [5.41, 5.74) is -0.597. The van der Waals surface area contributed by atoms with Crippen molar-refractivity contribution in [2.75, 3.05) is 26.2 Å². The zero-order valence-corrected chi connectivity index (χ0v) is 10.0. The van der Waals surface area contributed by atoms with Crippen molar-refractivity contribution in [3.8, 4) is 0 Å². The van der Waals surface area contributed by atoms with Gasteiger partial charge in [-0.15, -0.1) is 0 Å². The first-order chi connectivity index (χ1) is 7.63. The van der Waals surface area contributed by atoms with Gasteiger partial charge in [-0.05, 0) is 38.3 Å². The molecule has 1 unspecified atom stereocenters. The average molecular weight is 226 g/mol. The summed E-state index contributed by atoms with van der Waals surface area (Å²) >= 11 is 0. The molecular weight excluding hydrogens is 204 g/mol. The zero-order chi connectivity index (χ0) is 11.6. The second-order valence-electron chi connectivity index (χ2n) is 5.24. The minimum atomic E-state index is -0.597. The molecule has 0 radical (unpaired) electrons. The first kappa shape index (κ1) is 11.9. The Morgan fingerprint density at radius 1 is 1.56 bits per heavy atom. The van der Waals surface area contributed by atoms with Crippen LogP contribution in [0.3, 0.4) is 0 Å². The van der Waals surface area contributed by atoms with E-state index in [1.807, 2.05) is 6.92 Å². The quantitative estimate of drug-likeness (QED) is 0.730. The van der Waals surface area contributed by atoms with Crippen molar-refractivity contribution in [3.63, 3.8) is 0 Å². The first-order valence-electron chi connectivity index (χ1n) is 6.34. The number of hydrogen-bond acceptors (Lipinski definition) is 3. The largest absolute Gasteiger partial charge is 0.386 e. The number of carbonyl (C=O) groups is 1. The maximum Gasteiger partial charge on any atom is 0.223 e. The lowest BCUT2D eigenvalue weighted by atomic mass is 9.89. The SMILES string of the molecule is CCC1(O)CN(C(=O)CC2CCCNC2)C1. The second kappa shape index (κ2) is 4.72. The van der Waals surface area contributed by atoms with Gasteiger partial charge in [0.1, 0.15) is 0 Å². The molecule has 1 atom stereocenters. The normalized spacial score (nSPS) is 28.6. The fourth-order valence-electron chi connectivity index (χ4n) is 2.54. The molecule has 0 aromatic heterocycles. The van der Waals surface area contributed by atoms with E-state index in [-0.39, 0.29) is 5.91 Å². The molecule has 2 aliphatic heterocycles. The third kappa shape index (κ3) is 2.55. The smallest absolute Gasteiger partial charge is 0.223 e. The van der Waals surface area contributed by atoms with Crippen molar-refractivity contribution in [2.24, 2.45) is 5.92 Å². The van der Waals surface area contributed by atoms with Gasteiger partial charge in [0.15, 0.2) is 0 Å². The van der Waals surface area contributed by atoms with Crippen LogP contribution in [0.15, 0.2) is 0 Å². The summed E-state index contributed by atoms with van der Waals surface area (Å²) < 4.78 is 0. The highest BCUT2D eigenvalue weighted by Crippen LogP contribution is 2.26. The summed E-state index contributed by atoms with van der Waals surface area (Å²) in [7, 11) is 0. The van der Waals surface area contributed by atoms with Crippen molar-refractivity contribution in [3.05, 3.63) is 0 Å². The number of carbonyl (C=O) groups excluding carboxylic acids is 1. The van der Waals surface area contributed by atoms with Crippen molar-refractivity contribution in [1.82, 2.24) is 10.2 Å². The molecule has 0 spiro atoms. The number of amides is 1. The molecule has 2 rings (SSSR count). The second-order valence-corrected chi connectivity index (χ2v) is 5.24. The Labute approximate surface area is 97.0 Å². The van der Waals surface area contributed by atoms with Crippen molar-refractivity contribution < 1.29 is 9.90 Å². The van der Waals surface area contributed by atoms with Crippen LogP contribution in [0.4, 0.5) is 0 Å². The molecule has 4 heteroatoms. The molecule has 0 aromatic rings. The van der Waals surface area contributed by atoms with Gasteiger partial charge in [0.05, 0.1) is 18.7 Å². The van der Waals surface area contributed by atoms with E-state index in [1.54, 1.807) is 4.90 Å². The maximum absolute atomic E-state index is 11.9. The van der Waals surface area contributed by atoms with Crippen LogP contribution in [0.5, 0.6) is 0 Å². The van der Waals surface area contributed by atoms with Crippen LogP contribution in [-0.4, -0.2) is 47.7 Å². The summed E-state index contributed by atoms with van der Waals surface area (Å²) in [6.45, 7) is 5.08. The Kier molecular flexibility index (Phi) is 3.50. The van der Waals surface area contributed by atoms with E-state index in [0.29, 0.717) is 25.4 Å². The highest BCUT2D eigenvalue weighted by atomic mass is 16.3. The summed E-state index contributed by atoms with van der Waals surface area (Å²) in [4.78, 5) is 13.7. The van der Waals surface area contributed by atoms with E-state index in [2.05, 4.69) is 5.32 Å². The number of likely N-dealkylation sites (tertiary alicyclic amines) is 1. The van der Waals surface area contributed by atoms with Gasteiger partial charge in [-0.2, -0.15) is 0 Å². The van der Waals surface area contributed by atoms with Gasteiger partial charge in [0.2, 0.25) is 5.91 Å². The van der Waals surface area contributed by atoms with Gasteiger partial charge < -0.3 is 15.3 Å². The molecule has 2 saturated heterocycles. The molecule has 16 heavy (non-hydrogen) atoms. The molecule has 92 valence electrons. The molecular formula is C12H22N2O2. The standard InChI is InChI=1S/C12H22N2O2/c1-2-12(16)8-14(9-12)11(15)6-10-4-3-5-13-7-10/h10,13,16H,2-9H2,1H3. The first-order valence-corrected chi connectivity index (χ1v) is 6.34. The van der Waals surface area contributed by atoms with Crippen LogP contribution in [-0.2, 0) is 4.79 Å². The van der Waals surface area contributed by atoms with Gasteiger partial charge in [0, 0.05) is 6.42 Å². The van der Waals surface area contributed by atoms with E-state index < -0.39 is 5.60 Å². The molecule has 1 amide bonds. The van der Waals surface area contributed by atoms with Gasteiger partial charge in [-0.1, -0.05) is 6.92 Å². The van der Waals surface area contributed by atoms with Crippen LogP contribution in [0, 0.1) is 5.92 Å². The zero-order valence-electron chi connectivity index (χ0n) is 10.0. The van der Waals surface area contributed by atoms with Crippen LogP contribution < -0.4 is 5.32 Å². The van der Waals surface area contributed by atoms with E-state index in [4.69, 9.17) is 0 Å². The number of nitrogens with one attached hydrogen (secondary N) is 1. The predicted molar refractivity (Wildman–Crippen MR) is 62.0 cm³/mol. The van der Waals surface area contributed by atoms with E-state index in [1.165, 1.54) is 6.42 Å². The number of piperidine rings is 1. The van der Waals surface area contributed by atoms with Crippen molar-refractivity contribution in [2.45, 2.75) is 38.2 Å².